The summed E-state index contributed by atoms with van der Waals surface area (Å²) in [5.74, 6) is 0.0414. The van der Waals surface area contributed by atoms with Crippen molar-refractivity contribution in [3.8, 4) is 5.75 Å². The lowest BCUT2D eigenvalue weighted by Crippen LogP contribution is -2.36. The molecule has 4 nitrogen and oxygen atoms in total. The zero-order chi connectivity index (χ0) is 14.8. The third kappa shape index (κ3) is 2.77. The SMILES string of the molecule is CC(C)N(c1ccccc1)S(=O)(=O)c1ccc(O)cc1. The topological polar surface area (TPSA) is 57.6 Å². The number of phenolic OH excluding ortho intramolecular Hbond substituents is 1. The first-order valence-electron chi connectivity index (χ1n) is 6.31. The van der Waals surface area contributed by atoms with Crippen molar-refractivity contribution in [2.45, 2.75) is 24.8 Å². The van der Waals surface area contributed by atoms with Gasteiger partial charge < -0.3 is 5.11 Å². The van der Waals surface area contributed by atoms with E-state index in [4.69, 9.17) is 0 Å². The number of benzene rings is 2. The van der Waals surface area contributed by atoms with Crippen LogP contribution in [0.15, 0.2) is 59.5 Å². The zero-order valence-corrected chi connectivity index (χ0v) is 12.2. The quantitative estimate of drug-likeness (QED) is 0.942. The van der Waals surface area contributed by atoms with E-state index >= 15 is 0 Å². The molecule has 0 aromatic heterocycles. The van der Waals surface area contributed by atoms with Crippen molar-refractivity contribution in [2.24, 2.45) is 0 Å². The molecule has 0 atom stereocenters. The Balaban J connectivity index is 2.51. The van der Waals surface area contributed by atoms with E-state index < -0.39 is 10.0 Å². The monoisotopic (exact) mass is 291 g/mol. The number of phenols is 1. The second-order valence-corrected chi connectivity index (χ2v) is 6.54. The predicted molar refractivity (Wildman–Crippen MR) is 79.3 cm³/mol. The molecule has 2 rings (SSSR count). The van der Waals surface area contributed by atoms with Crippen LogP contribution < -0.4 is 4.31 Å². The molecule has 0 unspecified atom stereocenters. The fourth-order valence-electron chi connectivity index (χ4n) is 2.02. The average Bonchev–Trinajstić information content (AvgIpc) is 2.39. The van der Waals surface area contributed by atoms with Gasteiger partial charge in [-0.25, -0.2) is 8.42 Å². The second-order valence-electron chi connectivity index (χ2n) is 4.72. The number of aromatic hydroxyl groups is 1. The maximum absolute atomic E-state index is 12.7. The Labute approximate surface area is 119 Å². The lowest BCUT2D eigenvalue weighted by atomic mass is 10.3. The summed E-state index contributed by atoms with van der Waals surface area (Å²) < 4.78 is 26.8. The highest BCUT2D eigenvalue weighted by Gasteiger charge is 2.27. The summed E-state index contributed by atoms with van der Waals surface area (Å²) in [7, 11) is -3.65. The molecule has 0 heterocycles. The fraction of sp³-hybridized carbons (Fsp3) is 0.200. The zero-order valence-electron chi connectivity index (χ0n) is 11.4. The van der Waals surface area contributed by atoms with Crippen molar-refractivity contribution >= 4 is 15.7 Å². The van der Waals surface area contributed by atoms with Gasteiger partial charge in [0, 0.05) is 6.04 Å². The summed E-state index contributed by atoms with van der Waals surface area (Å²) in [5, 5.41) is 9.28. The largest absolute Gasteiger partial charge is 0.508 e. The molecule has 106 valence electrons. The Morgan fingerprint density at radius 3 is 2.00 bits per heavy atom. The number of para-hydroxylation sites is 1. The maximum Gasteiger partial charge on any atom is 0.264 e. The molecule has 0 radical (unpaired) electrons. The van der Waals surface area contributed by atoms with Crippen molar-refractivity contribution in [1.82, 2.24) is 0 Å². The predicted octanol–water partition coefficient (Wildman–Crippen LogP) is 3.00. The molecule has 0 spiro atoms. The van der Waals surface area contributed by atoms with Crippen molar-refractivity contribution in [3.05, 3.63) is 54.6 Å². The van der Waals surface area contributed by atoms with E-state index in [-0.39, 0.29) is 16.7 Å². The molecule has 0 aliphatic heterocycles. The van der Waals surface area contributed by atoms with Crippen LogP contribution in [-0.4, -0.2) is 19.6 Å². The molecule has 20 heavy (non-hydrogen) atoms. The number of rotatable bonds is 4. The van der Waals surface area contributed by atoms with Gasteiger partial charge in [-0.3, -0.25) is 4.31 Å². The fourth-order valence-corrected chi connectivity index (χ4v) is 3.68. The molecule has 2 aromatic carbocycles. The smallest absolute Gasteiger partial charge is 0.264 e. The Morgan fingerprint density at radius 1 is 0.950 bits per heavy atom. The molecule has 0 saturated carbocycles. The van der Waals surface area contributed by atoms with Gasteiger partial charge in [0.1, 0.15) is 5.75 Å². The molecular formula is C15H17NO3S. The average molecular weight is 291 g/mol. The van der Waals surface area contributed by atoms with Crippen LogP contribution >= 0.6 is 0 Å². The van der Waals surface area contributed by atoms with Crippen LogP contribution in [0.2, 0.25) is 0 Å². The van der Waals surface area contributed by atoms with Crippen molar-refractivity contribution in [3.63, 3.8) is 0 Å². The minimum Gasteiger partial charge on any atom is -0.508 e. The molecular weight excluding hydrogens is 274 g/mol. The Hall–Kier alpha value is -2.01. The van der Waals surface area contributed by atoms with Gasteiger partial charge in [-0.05, 0) is 50.2 Å². The molecule has 0 amide bonds. The van der Waals surface area contributed by atoms with Crippen LogP contribution in [0.3, 0.4) is 0 Å². The van der Waals surface area contributed by atoms with Crippen LogP contribution in [-0.2, 0) is 10.0 Å². The summed E-state index contributed by atoms with van der Waals surface area (Å²) >= 11 is 0. The highest BCUT2D eigenvalue weighted by molar-refractivity contribution is 7.92. The normalized spacial score (nSPS) is 11.6. The summed E-state index contributed by atoms with van der Waals surface area (Å²) in [6.45, 7) is 3.65. The molecule has 0 bridgehead atoms. The van der Waals surface area contributed by atoms with Gasteiger partial charge in [0.2, 0.25) is 0 Å². The highest BCUT2D eigenvalue weighted by Crippen LogP contribution is 2.26. The molecule has 0 saturated heterocycles. The van der Waals surface area contributed by atoms with E-state index in [1.807, 2.05) is 19.9 Å². The van der Waals surface area contributed by atoms with Crippen LogP contribution in [0.1, 0.15) is 13.8 Å². The minimum atomic E-state index is -3.65. The molecule has 0 fully saturated rings. The van der Waals surface area contributed by atoms with Gasteiger partial charge in [0.05, 0.1) is 10.6 Å². The van der Waals surface area contributed by atoms with Gasteiger partial charge in [-0.1, -0.05) is 18.2 Å². The molecule has 2 aromatic rings. The minimum absolute atomic E-state index is 0.0414. The lowest BCUT2D eigenvalue weighted by molar-refractivity contribution is 0.474. The van der Waals surface area contributed by atoms with Gasteiger partial charge in [-0.15, -0.1) is 0 Å². The number of sulfonamides is 1. The van der Waals surface area contributed by atoms with Crippen LogP contribution in [0.4, 0.5) is 5.69 Å². The number of anilines is 1. The van der Waals surface area contributed by atoms with Crippen LogP contribution in [0.5, 0.6) is 5.75 Å². The maximum atomic E-state index is 12.7. The Bertz CT molecular complexity index is 664. The third-order valence-corrected chi connectivity index (χ3v) is 4.89. The number of hydrogen-bond donors (Lipinski definition) is 1. The summed E-state index contributed by atoms with van der Waals surface area (Å²) in [6.07, 6.45) is 0. The van der Waals surface area contributed by atoms with E-state index in [0.29, 0.717) is 5.69 Å². The first-order valence-corrected chi connectivity index (χ1v) is 7.75. The van der Waals surface area contributed by atoms with Gasteiger partial charge >= 0.3 is 0 Å². The van der Waals surface area contributed by atoms with E-state index in [2.05, 4.69) is 0 Å². The van der Waals surface area contributed by atoms with Gasteiger partial charge in [0.15, 0.2) is 0 Å². The summed E-state index contributed by atoms with van der Waals surface area (Å²) in [6, 6.07) is 14.3. The van der Waals surface area contributed by atoms with Crippen LogP contribution in [0, 0.1) is 0 Å². The summed E-state index contributed by atoms with van der Waals surface area (Å²) in [4.78, 5) is 0.160. The Morgan fingerprint density at radius 2 is 1.50 bits per heavy atom. The summed E-state index contributed by atoms with van der Waals surface area (Å²) in [5.41, 5.74) is 0.621. The van der Waals surface area contributed by atoms with Crippen molar-refractivity contribution in [2.75, 3.05) is 4.31 Å². The molecule has 1 N–H and O–H groups in total. The van der Waals surface area contributed by atoms with Gasteiger partial charge in [-0.2, -0.15) is 0 Å². The number of nitrogens with zero attached hydrogens (tertiary/aromatic N) is 1. The number of hydrogen-bond acceptors (Lipinski definition) is 3. The van der Waals surface area contributed by atoms with E-state index in [0.717, 1.165) is 0 Å². The standard InChI is InChI=1S/C15H17NO3S/c1-12(2)16(13-6-4-3-5-7-13)20(18,19)15-10-8-14(17)9-11-15/h3-12,17H,1-2H3. The van der Waals surface area contributed by atoms with E-state index in [9.17, 15) is 13.5 Å². The first kappa shape index (κ1) is 14.4. The van der Waals surface area contributed by atoms with Crippen molar-refractivity contribution < 1.29 is 13.5 Å². The van der Waals surface area contributed by atoms with E-state index in [1.54, 1.807) is 24.3 Å². The third-order valence-electron chi connectivity index (χ3n) is 2.87. The van der Waals surface area contributed by atoms with E-state index in [1.165, 1.54) is 28.6 Å². The van der Waals surface area contributed by atoms with Crippen molar-refractivity contribution in [1.29, 1.82) is 0 Å². The second kappa shape index (κ2) is 5.54. The van der Waals surface area contributed by atoms with Crippen LogP contribution in [0.25, 0.3) is 0 Å². The first-order chi connectivity index (χ1) is 9.43. The Kier molecular flexibility index (Phi) is 3.99. The lowest BCUT2D eigenvalue weighted by Gasteiger charge is -2.28. The molecule has 0 aliphatic carbocycles. The highest BCUT2D eigenvalue weighted by atomic mass is 32.2. The van der Waals surface area contributed by atoms with Gasteiger partial charge in [0.25, 0.3) is 10.0 Å². The molecule has 0 aliphatic rings. The molecule has 5 heteroatoms.